The van der Waals surface area contributed by atoms with E-state index in [1.54, 1.807) is 6.08 Å². The summed E-state index contributed by atoms with van der Waals surface area (Å²) in [5, 5.41) is 5.82. The maximum absolute atomic E-state index is 12.8. The zero-order valence-electron chi connectivity index (χ0n) is 17.1. The van der Waals surface area contributed by atoms with Gasteiger partial charge in [0, 0.05) is 38.7 Å². The predicted octanol–water partition coefficient (Wildman–Crippen LogP) is 1.88. The highest BCUT2D eigenvalue weighted by Gasteiger charge is 2.20. The fraction of sp³-hybridized carbons (Fsp3) is 0.333. The molecule has 1 unspecified atom stereocenters. The Bertz CT molecular complexity index is 818. The second-order valence-corrected chi connectivity index (χ2v) is 7.24. The van der Waals surface area contributed by atoms with Gasteiger partial charge in [0.15, 0.2) is 0 Å². The first-order valence-corrected chi connectivity index (χ1v) is 10.4. The third kappa shape index (κ3) is 7.46. The van der Waals surface area contributed by atoms with E-state index in [0.29, 0.717) is 13.0 Å². The third-order valence-electron chi connectivity index (χ3n) is 4.97. The van der Waals surface area contributed by atoms with Crippen LogP contribution in [-0.2, 0) is 20.7 Å². The highest BCUT2D eigenvalue weighted by molar-refractivity contribution is 5.95. The van der Waals surface area contributed by atoms with Gasteiger partial charge in [0.2, 0.25) is 11.8 Å². The molecule has 2 aromatic rings. The summed E-state index contributed by atoms with van der Waals surface area (Å²) < 4.78 is 5.35. The van der Waals surface area contributed by atoms with E-state index >= 15 is 0 Å². The monoisotopic (exact) mass is 407 g/mol. The molecule has 2 aromatic carbocycles. The molecule has 0 saturated carbocycles. The van der Waals surface area contributed by atoms with E-state index in [0.717, 1.165) is 44.0 Å². The van der Waals surface area contributed by atoms with E-state index < -0.39 is 6.04 Å². The average molecular weight is 408 g/mol. The van der Waals surface area contributed by atoms with Crippen molar-refractivity contribution in [3.05, 3.63) is 77.9 Å². The lowest BCUT2D eigenvalue weighted by molar-refractivity contribution is -0.127. The van der Waals surface area contributed by atoms with Crippen molar-refractivity contribution < 1.29 is 14.3 Å². The molecule has 30 heavy (non-hydrogen) atoms. The molecular weight excluding hydrogens is 378 g/mol. The number of hydrogen-bond donors (Lipinski definition) is 2. The number of amides is 2. The Balaban J connectivity index is 1.56. The summed E-state index contributed by atoms with van der Waals surface area (Å²) in [5.41, 5.74) is 1.93. The largest absolute Gasteiger partial charge is 0.379 e. The molecule has 1 aliphatic rings. The standard InChI is InChI=1S/C24H29N3O3/c28-23(12-11-20-7-3-1-4-8-20)26-22(19-21-9-5-2-6-10-21)24(29)25-13-14-27-15-17-30-18-16-27/h1-12,22H,13-19H2,(H,25,29)(H,26,28)/b12-11+. The lowest BCUT2D eigenvalue weighted by Gasteiger charge is -2.27. The highest BCUT2D eigenvalue weighted by atomic mass is 16.5. The molecule has 6 nitrogen and oxygen atoms in total. The molecule has 2 amide bonds. The molecule has 1 heterocycles. The Hall–Kier alpha value is -2.96. The topological polar surface area (TPSA) is 70.7 Å². The van der Waals surface area contributed by atoms with Gasteiger partial charge in [-0.1, -0.05) is 60.7 Å². The van der Waals surface area contributed by atoms with Gasteiger partial charge < -0.3 is 15.4 Å². The smallest absolute Gasteiger partial charge is 0.244 e. The number of rotatable bonds is 9. The maximum atomic E-state index is 12.8. The third-order valence-corrected chi connectivity index (χ3v) is 4.97. The second kappa shape index (κ2) is 11.9. The van der Waals surface area contributed by atoms with Gasteiger partial charge in [-0.2, -0.15) is 0 Å². The molecule has 1 saturated heterocycles. The van der Waals surface area contributed by atoms with E-state index in [-0.39, 0.29) is 11.8 Å². The molecule has 2 N–H and O–H groups in total. The van der Waals surface area contributed by atoms with Gasteiger partial charge in [0.1, 0.15) is 6.04 Å². The van der Waals surface area contributed by atoms with Crippen molar-refractivity contribution in [3.8, 4) is 0 Å². The lowest BCUT2D eigenvalue weighted by atomic mass is 10.1. The van der Waals surface area contributed by atoms with Crippen molar-refractivity contribution in [2.75, 3.05) is 39.4 Å². The predicted molar refractivity (Wildman–Crippen MR) is 118 cm³/mol. The molecule has 0 spiro atoms. The van der Waals surface area contributed by atoms with Crippen molar-refractivity contribution in [2.45, 2.75) is 12.5 Å². The Kier molecular flexibility index (Phi) is 8.62. The van der Waals surface area contributed by atoms with Crippen molar-refractivity contribution in [2.24, 2.45) is 0 Å². The summed E-state index contributed by atoms with van der Waals surface area (Å²) in [6.45, 7) is 4.53. The van der Waals surface area contributed by atoms with Gasteiger partial charge in [-0.25, -0.2) is 0 Å². The molecule has 158 valence electrons. The van der Waals surface area contributed by atoms with Crippen molar-refractivity contribution in [3.63, 3.8) is 0 Å². The zero-order valence-corrected chi connectivity index (χ0v) is 17.1. The molecule has 1 fully saturated rings. The van der Waals surface area contributed by atoms with Crippen LogP contribution in [0.5, 0.6) is 0 Å². The first-order chi connectivity index (χ1) is 14.7. The van der Waals surface area contributed by atoms with Crippen LogP contribution in [0, 0.1) is 0 Å². The van der Waals surface area contributed by atoms with Crippen LogP contribution in [0.3, 0.4) is 0 Å². The number of nitrogens with one attached hydrogen (secondary N) is 2. The number of carbonyl (C=O) groups excluding carboxylic acids is 2. The lowest BCUT2D eigenvalue weighted by Crippen LogP contribution is -2.49. The highest BCUT2D eigenvalue weighted by Crippen LogP contribution is 2.05. The first kappa shape index (κ1) is 21.7. The maximum Gasteiger partial charge on any atom is 0.244 e. The number of ether oxygens (including phenoxy) is 1. The minimum atomic E-state index is -0.634. The molecule has 1 aliphatic heterocycles. The number of morpholine rings is 1. The SMILES string of the molecule is O=C(/C=C/c1ccccc1)NC(Cc1ccccc1)C(=O)NCCN1CCOCC1. The summed E-state index contributed by atoms with van der Waals surface area (Å²) in [6, 6.07) is 18.7. The van der Waals surface area contributed by atoms with Gasteiger partial charge in [-0.15, -0.1) is 0 Å². The zero-order chi connectivity index (χ0) is 21.0. The molecule has 6 heteroatoms. The summed E-state index contributed by atoms with van der Waals surface area (Å²) in [4.78, 5) is 27.5. The molecule has 0 aromatic heterocycles. The number of hydrogen-bond acceptors (Lipinski definition) is 4. The minimum absolute atomic E-state index is 0.173. The van der Waals surface area contributed by atoms with Gasteiger partial charge in [-0.05, 0) is 17.2 Å². The Morgan fingerprint density at radius 1 is 1.00 bits per heavy atom. The van der Waals surface area contributed by atoms with Crippen LogP contribution in [0.4, 0.5) is 0 Å². The second-order valence-electron chi connectivity index (χ2n) is 7.24. The Labute approximate surface area is 177 Å². The summed E-state index contributed by atoms with van der Waals surface area (Å²) >= 11 is 0. The van der Waals surface area contributed by atoms with Gasteiger partial charge in [0.05, 0.1) is 13.2 Å². The number of benzene rings is 2. The number of carbonyl (C=O) groups is 2. The van der Waals surface area contributed by atoms with E-state index in [4.69, 9.17) is 4.74 Å². The van der Waals surface area contributed by atoms with Crippen LogP contribution < -0.4 is 10.6 Å². The van der Waals surface area contributed by atoms with Crippen LogP contribution in [0.1, 0.15) is 11.1 Å². The van der Waals surface area contributed by atoms with E-state index in [9.17, 15) is 9.59 Å². The van der Waals surface area contributed by atoms with Crippen molar-refractivity contribution in [1.29, 1.82) is 0 Å². The minimum Gasteiger partial charge on any atom is -0.379 e. The number of nitrogens with zero attached hydrogens (tertiary/aromatic N) is 1. The molecular formula is C24H29N3O3. The molecule has 0 radical (unpaired) electrons. The Morgan fingerprint density at radius 2 is 1.67 bits per heavy atom. The van der Waals surface area contributed by atoms with Crippen molar-refractivity contribution >= 4 is 17.9 Å². The first-order valence-electron chi connectivity index (χ1n) is 10.4. The van der Waals surface area contributed by atoms with Crippen LogP contribution in [0.15, 0.2) is 66.7 Å². The fourth-order valence-corrected chi connectivity index (χ4v) is 3.30. The quantitative estimate of drug-likeness (QED) is 0.623. The van der Waals surface area contributed by atoms with E-state index in [2.05, 4.69) is 15.5 Å². The van der Waals surface area contributed by atoms with Crippen LogP contribution in [0.25, 0.3) is 6.08 Å². The Morgan fingerprint density at radius 3 is 2.37 bits per heavy atom. The van der Waals surface area contributed by atoms with Crippen LogP contribution >= 0.6 is 0 Å². The summed E-state index contributed by atoms with van der Waals surface area (Å²) in [5.74, 6) is -0.461. The van der Waals surface area contributed by atoms with Gasteiger partial charge >= 0.3 is 0 Å². The average Bonchev–Trinajstić information content (AvgIpc) is 2.79. The molecule has 1 atom stereocenters. The van der Waals surface area contributed by atoms with Gasteiger partial charge in [-0.3, -0.25) is 14.5 Å². The molecule has 0 aliphatic carbocycles. The van der Waals surface area contributed by atoms with Crippen LogP contribution in [0.2, 0.25) is 0 Å². The van der Waals surface area contributed by atoms with E-state index in [1.807, 2.05) is 60.7 Å². The summed E-state index contributed by atoms with van der Waals surface area (Å²) in [6.07, 6.45) is 3.65. The van der Waals surface area contributed by atoms with E-state index in [1.165, 1.54) is 6.08 Å². The molecule has 0 bridgehead atoms. The van der Waals surface area contributed by atoms with Crippen LogP contribution in [-0.4, -0.2) is 62.1 Å². The van der Waals surface area contributed by atoms with Gasteiger partial charge in [0.25, 0.3) is 0 Å². The van der Waals surface area contributed by atoms with Crippen molar-refractivity contribution in [1.82, 2.24) is 15.5 Å². The normalized spacial score (nSPS) is 15.6. The summed E-state index contributed by atoms with van der Waals surface area (Å²) in [7, 11) is 0. The molecule has 3 rings (SSSR count). The fourth-order valence-electron chi connectivity index (χ4n) is 3.30.